The fourth-order valence-corrected chi connectivity index (χ4v) is 11.5. The molecule has 0 saturated carbocycles. The molecule has 0 aliphatic carbocycles. The highest BCUT2D eigenvalue weighted by Crippen LogP contribution is 2.59. The van der Waals surface area contributed by atoms with Crippen molar-refractivity contribution in [3.63, 3.8) is 0 Å². The molecule has 1 saturated heterocycles. The van der Waals surface area contributed by atoms with Crippen LogP contribution < -0.4 is 9.91 Å². The maximum Gasteiger partial charge on any atom is 0.264 e. The zero-order chi connectivity index (χ0) is 38.3. The zero-order valence-corrected chi connectivity index (χ0v) is 32.3. The first-order chi connectivity index (χ1) is 26.6. The largest absolute Gasteiger partial charge is 0.432 e. The number of fused-ring (bicyclic) bond motifs is 2. The molecular weight excluding hydrogens is 709 g/mol. The van der Waals surface area contributed by atoms with Crippen LogP contribution in [0, 0.1) is 5.92 Å². The van der Waals surface area contributed by atoms with Crippen molar-refractivity contribution in [2.75, 3.05) is 16.5 Å². The Balaban J connectivity index is 1.05. The van der Waals surface area contributed by atoms with Crippen LogP contribution in [0.4, 0.5) is 11.4 Å². The number of carbonyl (C=O) groups excluding carboxylic acids is 2. The number of hydrogen-bond donors (Lipinski definition) is 2. The summed E-state index contributed by atoms with van der Waals surface area (Å²) in [6.07, 6.45) is 2.88. The summed E-state index contributed by atoms with van der Waals surface area (Å²) < 4.78 is 8.79. The van der Waals surface area contributed by atoms with Gasteiger partial charge in [0, 0.05) is 42.6 Å². The van der Waals surface area contributed by atoms with E-state index in [9.17, 15) is 19.5 Å². The van der Waals surface area contributed by atoms with Crippen molar-refractivity contribution < 1.29 is 24.2 Å². The number of rotatable bonds is 11. The smallest absolute Gasteiger partial charge is 0.264 e. The average Bonchev–Trinajstić information content (AvgIpc) is 3.85. The van der Waals surface area contributed by atoms with Gasteiger partial charge >= 0.3 is 0 Å². The Morgan fingerprint density at radius 1 is 0.927 bits per heavy atom. The molecule has 0 bridgehead atoms. The molecule has 4 aromatic carbocycles. The van der Waals surface area contributed by atoms with Crippen molar-refractivity contribution in [2.45, 2.75) is 75.5 Å². The molecule has 3 aliphatic rings. The molecule has 1 spiro atoms. The van der Waals surface area contributed by atoms with E-state index in [2.05, 4.69) is 10.3 Å². The van der Waals surface area contributed by atoms with Crippen LogP contribution in [0.25, 0.3) is 0 Å². The molecule has 2 amide bonds. The Morgan fingerprint density at radius 3 is 2.40 bits per heavy atom. The lowest BCUT2D eigenvalue weighted by molar-refractivity contribution is -0.146. The van der Waals surface area contributed by atoms with E-state index in [-0.39, 0.29) is 42.3 Å². The normalized spacial score (nSPS) is 23.0. The summed E-state index contributed by atoms with van der Waals surface area (Å²) in [5.74, 6) is -0.843. The van der Waals surface area contributed by atoms with Gasteiger partial charge in [-0.2, -0.15) is 5.10 Å². The van der Waals surface area contributed by atoms with E-state index in [0.29, 0.717) is 37.2 Å². The fraction of sp³-hybridized carbons (Fsp3) is 0.326. The van der Waals surface area contributed by atoms with E-state index in [1.807, 2.05) is 135 Å². The van der Waals surface area contributed by atoms with E-state index in [1.54, 1.807) is 9.58 Å². The van der Waals surface area contributed by atoms with Crippen molar-refractivity contribution >= 4 is 37.2 Å². The Bertz CT molecular complexity index is 2220. The number of ether oxygens (including phenoxy) is 1. The van der Waals surface area contributed by atoms with Gasteiger partial charge in [-0.1, -0.05) is 103 Å². The number of anilines is 2. The van der Waals surface area contributed by atoms with Gasteiger partial charge in [-0.3, -0.25) is 14.3 Å². The zero-order valence-electron chi connectivity index (χ0n) is 31.3. The fourth-order valence-electron chi connectivity index (χ4n) is 8.92. The van der Waals surface area contributed by atoms with Gasteiger partial charge in [-0.25, -0.2) is 5.01 Å². The summed E-state index contributed by atoms with van der Waals surface area (Å²) in [7, 11) is -2.88. The number of aryl methyl sites for hydroxylation is 1. The standard InChI is InChI=1S/C43H46N6O5Si/c1-29-41(55(2,3)53)39(23-24-47-27-37(44-46-47)34(28-50)31-14-6-4-7-15-31)54-43(29)35-19-10-11-20-38(35)48(42(43)52)26-30-13-12-18-33(25-30)49-40(51)22-21-36(45-49)32-16-8-5-9-17-32/h4-20,25,27,29,34,39,41,50,53H,21-24,26,28H2,1-3H3/t29-,34?,39+,41-,43+/m1/s1. The molecule has 11 nitrogen and oxygen atoms in total. The molecule has 1 unspecified atom stereocenters. The number of carbonyl (C=O) groups is 2. The summed E-state index contributed by atoms with van der Waals surface area (Å²) in [4.78, 5) is 41.7. The van der Waals surface area contributed by atoms with Gasteiger partial charge in [0.25, 0.3) is 5.91 Å². The molecule has 5 aromatic rings. The van der Waals surface area contributed by atoms with Crippen molar-refractivity contribution in [1.29, 1.82) is 0 Å². The first kappa shape index (κ1) is 36.7. The van der Waals surface area contributed by atoms with E-state index in [4.69, 9.17) is 9.84 Å². The second kappa shape index (κ2) is 14.8. The van der Waals surface area contributed by atoms with Gasteiger partial charge in [0.1, 0.15) is 0 Å². The summed E-state index contributed by atoms with van der Waals surface area (Å²) in [5.41, 5.74) is 5.02. The highest BCUT2D eigenvalue weighted by molar-refractivity contribution is 6.71. The van der Waals surface area contributed by atoms with Crippen molar-refractivity contribution in [3.8, 4) is 0 Å². The maximum atomic E-state index is 15.0. The molecule has 12 heteroatoms. The number of aliphatic hydroxyl groups is 1. The first-order valence-electron chi connectivity index (χ1n) is 19.0. The van der Waals surface area contributed by atoms with E-state index < -0.39 is 20.0 Å². The third kappa shape index (κ3) is 6.73. The Kier molecular flexibility index (Phi) is 9.84. The summed E-state index contributed by atoms with van der Waals surface area (Å²) in [6, 6.07) is 35.1. The van der Waals surface area contributed by atoms with Crippen molar-refractivity contribution in [1.82, 2.24) is 15.0 Å². The van der Waals surface area contributed by atoms with Crippen LogP contribution in [-0.4, -0.2) is 63.5 Å². The summed E-state index contributed by atoms with van der Waals surface area (Å²) >= 11 is 0. The third-order valence-corrected chi connectivity index (χ3v) is 14.0. The molecule has 1 fully saturated rings. The van der Waals surface area contributed by atoms with Crippen LogP contribution in [0.5, 0.6) is 0 Å². The molecule has 1 aromatic heterocycles. The van der Waals surface area contributed by atoms with Crippen LogP contribution in [0.15, 0.2) is 120 Å². The topological polar surface area (TPSA) is 133 Å². The minimum atomic E-state index is -2.88. The predicted octanol–water partition coefficient (Wildman–Crippen LogP) is 6.37. The molecule has 4 heterocycles. The minimum Gasteiger partial charge on any atom is -0.432 e. The van der Waals surface area contributed by atoms with E-state index in [1.165, 1.54) is 5.01 Å². The van der Waals surface area contributed by atoms with E-state index in [0.717, 1.165) is 33.7 Å². The SMILES string of the molecule is C[C@@H]1[C@@H]([Si](C)(C)O)[C@H](CCn2cc(C(CO)c3ccccc3)nn2)O[C@@]12C(=O)N(Cc1cccc(N3N=C(c4ccccc4)CCC3=O)c1)c1ccccc12. The van der Waals surface area contributed by atoms with Crippen LogP contribution in [0.3, 0.4) is 0 Å². The molecular formula is C43H46N6O5Si. The van der Waals surface area contributed by atoms with Crippen LogP contribution >= 0.6 is 0 Å². The molecule has 8 rings (SSSR count). The lowest BCUT2D eigenvalue weighted by Gasteiger charge is -2.32. The average molecular weight is 755 g/mol. The van der Waals surface area contributed by atoms with Gasteiger partial charge < -0.3 is 19.5 Å². The van der Waals surface area contributed by atoms with Crippen LogP contribution in [0.2, 0.25) is 18.6 Å². The van der Waals surface area contributed by atoms with Crippen LogP contribution in [-0.2, 0) is 33.0 Å². The molecule has 5 atom stereocenters. The first-order valence-corrected chi connectivity index (χ1v) is 22.0. The number of aliphatic hydroxyl groups excluding tert-OH is 1. The number of hydrazone groups is 1. The van der Waals surface area contributed by atoms with Crippen molar-refractivity contribution in [3.05, 3.63) is 143 Å². The molecule has 3 aliphatic heterocycles. The predicted molar refractivity (Wildman–Crippen MR) is 213 cm³/mol. The molecule has 2 N–H and O–H groups in total. The van der Waals surface area contributed by atoms with Gasteiger partial charge in [-0.05, 0) is 54.4 Å². The minimum absolute atomic E-state index is 0.0778. The number of hydrogen-bond acceptors (Lipinski definition) is 8. The lowest BCUT2D eigenvalue weighted by atomic mass is 9.82. The second-order valence-corrected chi connectivity index (χ2v) is 19.4. The highest BCUT2D eigenvalue weighted by atomic mass is 28.4. The van der Waals surface area contributed by atoms with Crippen LogP contribution in [0.1, 0.15) is 60.1 Å². The van der Waals surface area contributed by atoms with Gasteiger partial charge in [0.15, 0.2) is 13.9 Å². The van der Waals surface area contributed by atoms with Gasteiger partial charge in [0.2, 0.25) is 5.91 Å². The molecule has 282 valence electrons. The quantitative estimate of drug-likeness (QED) is 0.150. The Morgan fingerprint density at radius 2 is 1.65 bits per heavy atom. The van der Waals surface area contributed by atoms with Crippen molar-refractivity contribution in [2.24, 2.45) is 11.0 Å². The number of benzene rings is 4. The highest BCUT2D eigenvalue weighted by Gasteiger charge is 2.66. The molecule has 0 radical (unpaired) electrons. The number of aromatic nitrogens is 3. The van der Waals surface area contributed by atoms with Gasteiger partial charge in [0.05, 0.1) is 48.0 Å². The van der Waals surface area contributed by atoms with Gasteiger partial charge in [-0.15, -0.1) is 5.10 Å². The monoisotopic (exact) mass is 754 g/mol. The van der Waals surface area contributed by atoms with E-state index >= 15 is 0 Å². The maximum absolute atomic E-state index is 15.0. The Labute approximate surface area is 322 Å². The number of para-hydroxylation sites is 1. The summed E-state index contributed by atoms with van der Waals surface area (Å²) in [5, 5.41) is 25.2. The molecule has 55 heavy (non-hydrogen) atoms. The lowest BCUT2D eigenvalue weighted by Crippen LogP contribution is -2.46. The number of nitrogens with zero attached hydrogens (tertiary/aromatic N) is 6. The second-order valence-electron chi connectivity index (χ2n) is 15.4. The Hall–Kier alpha value is -5.27. The summed E-state index contributed by atoms with van der Waals surface area (Å²) in [6.45, 7) is 6.52. The third-order valence-electron chi connectivity index (χ3n) is 11.5. The number of amides is 2.